The number of amides is 2. The lowest BCUT2D eigenvalue weighted by atomic mass is 9.85. The molecule has 0 radical (unpaired) electrons. The first-order chi connectivity index (χ1) is 12.2. The van der Waals surface area contributed by atoms with Gasteiger partial charge in [-0.1, -0.05) is 18.6 Å². The molecule has 5 heteroatoms. The van der Waals surface area contributed by atoms with Crippen molar-refractivity contribution in [2.45, 2.75) is 38.5 Å². The number of hydrogen-bond donors (Lipinski definition) is 2. The Morgan fingerprint density at radius 3 is 2.76 bits per heavy atom. The molecule has 1 aromatic heterocycles. The van der Waals surface area contributed by atoms with Gasteiger partial charge in [0.2, 0.25) is 5.91 Å². The molecule has 0 saturated heterocycles. The van der Waals surface area contributed by atoms with E-state index in [2.05, 4.69) is 22.1 Å². The lowest BCUT2D eigenvalue weighted by Crippen LogP contribution is -2.32. The topological polar surface area (TPSA) is 58.2 Å². The Balaban J connectivity index is 1.45. The molecule has 2 N–H and O–H groups in total. The molecule has 1 fully saturated rings. The highest BCUT2D eigenvalue weighted by atomic mass is 32.1. The Bertz CT molecular complexity index is 708. The van der Waals surface area contributed by atoms with E-state index in [1.165, 1.54) is 24.1 Å². The summed E-state index contributed by atoms with van der Waals surface area (Å²) in [6.07, 6.45) is 5.93. The molecule has 1 aromatic carbocycles. The Hall–Kier alpha value is -2.14. The maximum absolute atomic E-state index is 12.2. The number of hydrogen-bond acceptors (Lipinski definition) is 3. The fraction of sp³-hybridized carbons (Fsp3) is 0.400. The van der Waals surface area contributed by atoms with Crippen LogP contribution in [0.25, 0.3) is 0 Å². The highest BCUT2D eigenvalue weighted by Gasteiger charge is 2.18. The molecule has 2 amide bonds. The van der Waals surface area contributed by atoms with E-state index in [0.29, 0.717) is 23.6 Å². The van der Waals surface area contributed by atoms with Gasteiger partial charge >= 0.3 is 0 Å². The molecule has 0 atom stereocenters. The van der Waals surface area contributed by atoms with Crippen LogP contribution in [0.4, 0.5) is 5.69 Å². The van der Waals surface area contributed by atoms with E-state index in [0.717, 1.165) is 19.4 Å². The van der Waals surface area contributed by atoms with Crippen LogP contribution < -0.4 is 10.6 Å². The highest BCUT2D eigenvalue weighted by Crippen LogP contribution is 2.25. The molecule has 4 nitrogen and oxygen atoms in total. The number of benzene rings is 1. The van der Waals surface area contributed by atoms with Crippen LogP contribution in [-0.4, -0.2) is 18.4 Å². The summed E-state index contributed by atoms with van der Waals surface area (Å²) in [5.41, 5.74) is 1.27. The third kappa shape index (κ3) is 5.43. The number of rotatable bonds is 8. The van der Waals surface area contributed by atoms with Crippen molar-refractivity contribution in [3.8, 4) is 0 Å². The Morgan fingerprint density at radius 1 is 1.16 bits per heavy atom. The summed E-state index contributed by atoms with van der Waals surface area (Å²) in [6.45, 7) is 0.748. The van der Waals surface area contributed by atoms with Gasteiger partial charge in [0.15, 0.2) is 0 Å². The van der Waals surface area contributed by atoms with Gasteiger partial charge in [-0.3, -0.25) is 9.59 Å². The average molecular weight is 356 g/mol. The second-order valence-corrected chi connectivity index (χ2v) is 7.60. The van der Waals surface area contributed by atoms with Crippen LogP contribution in [0, 0.1) is 5.92 Å². The molecule has 0 spiro atoms. The van der Waals surface area contributed by atoms with Crippen molar-refractivity contribution in [3.63, 3.8) is 0 Å². The minimum atomic E-state index is -0.0688. The van der Waals surface area contributed by atoms with E-state index >= 15 is 0 Å². The molecule has 2 aromatic rings. The van der Waals surface area contributed by atoms with Gasteiger partial charge in [-0.2, -0.15) is 0 Å². The molecular weight excluding hydrogens is 332 g/mol. The minimum Gasteiger partial charge on any atom is -0.352 e. The minimum absolute atomic E-state index is 0.0106. The Morgan fingerprint density at radius 2 is 2.04 bits per heavy atom. The Kier molecular flexibility index (Phi) is 6.23. The molecule has 0 aliphatic heterocycles. The number of thiophene rings is 1. The predicted octanol–water partition coefficient (Wildman–Crippen LogP) is 4.24. The largest absolute Gasteiger partial charge is 0.352 e. The van der Waals surface area contributed by atoms with Crippen molar-refractivity contribution in [2.75, 3.05) is 11.9 Å². The van der Waals surface area contributed by atoms with E-state index in [9.17, 15) is 9.59 Å². The molecule has 0 unspecified atom stereocenters. The van der Waals surface area contributed by atoms with Gasteiger partial charge in [0, 0.05) is 29.1 Å². The van der Waals surface area contributed by atoms with Gasteiger partial charge in [-0.15, -0.1) is 11.3 Å². The zero-order chi connectivity index (χ0) is 17.5. The first-order valence-corrected chi connectivity index (χ1v) is 9.79. The van der Waals surface area contributed by atoms with E-state index in [4.69, 9.17) is 0 Å². The molecule has 25 heavy (non-hydrogen) atoms. The molecule has 3 rings (SSSR count). The third-order valence-electron chi connectivity index (χ3n) is 4.59. The van der Waals surface area contributed by atoms with Crippen LogP contribution >= 0.6 is 11.3 Å². The van der Waals surface area contributed by atoms with Gasteiger partial charge in [-0.25, -0.2) is 0 Å². The maximum Gasteiger partial charge on any atom is 0.251 e. The first kappa shape index (κ1) is 17.7. The number of anilines is 1. The summed E-state index contributed by atoms with van der Waals surface area (Å²) in [5.74, 6) is 0.555. The van der Waals surface area contributed by atoms with Crippen molar-refractivity contribution in [2.24, 2.45) is 5.92 Å². The van der Waals surface area contributed by atoms with E-state index < -0.39 is 0 Å². The number of carbonyl (C=O) groups excluding carboxylic acids is 2. The van der Waals surface area contributed by atoms with Crippen LogP contribution in [0.3, 0.4) is 0 Å². The fourth-order valence-electron chi connectivity index (χ4n) is 2.88. The van der Waals surface area contributed by atoms with E-state index in [1.54, 1.807) is 29.5 Å². The van der Waals surface area contributed by atoms with Crippen LogP contribution in [0.5, 0.6) is 0 Å². The van der Waals surface area contributed by atoms with Crippen LogP contribution in [0.15, 0.2) is 41.8 Å². The van der Waals surface area contributed by atoms with Crippen molar-refractivity contribution >= 4 is 28.8 Å². The van der Waals surface area contributed by atoms with Crippen molar-refractivity contribution in [3.05, 3.63) is 52.2 Å². The molecular formula is C20H24N2O2S. The summed E-state index contributed by atoms with van der Waals surface area (Å²) in [4.78, 5) is 25.6. The SMILES string of the molecule is O=C(CCCc1cccs1)Nc1cccc(C(=O)NCC2CCC2)c1. The van der Waals surface area contributed by atoms with Gasteiger partial charge in [0.05, 0.1) is 0 Å². The average Bonchev–Trinajstić information content (AvgIpc) is 3.07. The molecule has 1 aliphatic carbocycles. The number of aryl methyl sites for hydroxylation is 1. The second-order valence-electron chi connectivity index (χ2n) is 6.57. The van der Waals surface area contributed by atoms with Gasteiger partial charge < -0.3 is 10.6 Å². The molecule has 1 saturated carbocycles. The second kappa shape index (κ2) is 8.81. The van der Waals surface area contributed by atoms with Crippen LogP contribution in [0.1, 0.15) is 47.3 Å². The molecule has 0 bridgehead atoms. The normalized spacial score (nSPS) is 13.9. The van der Waals surface area contributed by atoms with Crippen LogP contribution in [-0.2, 0) is 11.2 Å². The van der Waals surface area contributed by atoms with Crippen molar-refractivity contribution in [1.82, 2.24) is 5.32 Å². The number of carbonyl (C=O) groups is 2. The fourth-order valence-corrected chi connectivity index (χ4v) is 3.63. The highest BCUT2D eigenvalue weighted by molar-refractivity contribution is 7.09. The summed E-state index contributed by atoms with van der Waals surface area (Å²) in [6, 6.07) is 11.3. The zero-order valence-corrected chi connectivity index (χ0v) is 15.1. The lowest BCUT2D eigenvalue weighted by molar-refractivity contribution is -0.116. The predicted molar refractivity (Wildman–Crippen MR) is 102 cm³/mol. The summed E-state index contributed by atoms with van der Waals surface area (Å²) >= 11 is 1.72. The standard InChI is InChI=1S/C20H24N2O2S/c23-19(11-3-9-18-10-4-12-25-18)22-17-8-2-7-16(13-17)20(24)21-14-15-5-1-6-15/h2,4,7-8,10,12-13,15H,1,3,5-6,9,11,14H2,(H,21,24)(H,22,23). The van der Waals surface area contributed by atoms with Crippen molar-refractivity contribution < 1.29 is 9.59 Å². The molecule has 1 aliphatic rings. The number of nitrogens with one attached hydrogen (secondary N) is 2. The van der Waals surface area contributed by atoms with Gasteiger partial charge in [-0.05, 0) is 61.2 Å². The van der Waals surface area contributed by atoms with Crippen LogP contribution in [0.2, 0.25) is 0 Å². The van der Waals surface area contributed by atoms with Gasteiger partial charge in [0.25, 0.3) is 5.91 Å². The molecule has 132 valence electrons. The summed E-state index contributed by atoms with van der Waals surface area (Å²) in [5, 5.41) is 7.92. The summed E-state index contributed by atoms with van der Waals surface area (Å²) < 4.78 is 0. The Labute approximate surface area is 152 Å². The monoisotopic (exact) mass is 356 g/mol. The van der Waals surface area contributed by atoms with Crippen molar-refractivity contribution in [1.29, 1.82) is 0 Å². The van der Waals surface area contributed by atoms with Gasteiger partial charge in [0.1, 0.15) is 0 Å². The van der Waals surface area contributed by atoms with E-state index in [1.807, 2.05) is 12.1 Å². The smallest absolute Gasteiger partial charge is 0.251 e. The zero-order valence-electron chi connectivity index (χ0n) is 14.3. The quantitative estimate of drug-likeness (QED) is 0.743. The third-order valence-corrected chi connectivity index (χ3v) is 5.53. The molecule has 1 heterocycles. The maximum atomic E-state index is 12.2. The first-order valence-electron chi connectivity index (χ1n) is 8.91. The summed E-state index contributed by atoms with van der Waals surface area (Å²) in [7, 11) is 0. The van der Waals surface area contributed by atoms with E-state index in [-0.39, 0.29) is 11.8 Å². The lowest BCUT2D eigenvalue weighted by Gasteiger charge is -2.25.